The molecule has 0 saturated heterocycles. The maximum Gasteiger partial charge on any atom is 0.409 e. The number of benzene rings is 1. The molecule has 0 aliphatic rings. The Hall–Kier alpha value is -2.77. The highest BCUT2D eigenvalue weighted by molar-refractivity contribution is 5.90. The molecular weight excluding hydrogens is 256 g/mol. The summed E-state index contributed by atoms with van der Waals surface area (Å²) in [6.07, 6.45) is 1.00. The fraction of sp³-hybridized carbons (Fsp3) is 0.182. The number of nitrogens with zero attached hydrogens (tertiary/aromatic N) is 2. The van der Waals surface area contributed by atoms with Gasteiger partial charge in [0.2, 0.25) is 0 Å². The van der Waals surface area contributed by atoms with E-state index in [1.54, 1.807) is 0 Å². The van der Waals surface area contributed by atoms with Crippen LogP contribution in [0.15, 0.2) is 30.0 Å². The molecule has 0 unspecified atom stereocenters. The number of ether oxygens (including phenoxy) is 1. The van der Waals surface area contributed by atoms with Crippen LogP contribution >= 0.6 is 0 Å². The number of rotatable bonds is 5. The molecule has 0 heterocycles. The van der Waals surface area contributed by atoms with E-state index < -0.39 is 21.5 Å². The molecule has 100 valence electrons. The van der Waals surface area contributed by atoms with Crippen molar-refractivity contribution < 1.29 is 19.4 Å². The van der Waals surface area contributed by atoms with Gasteiger partial charge in [-0.15, -0.1) is 0 Å². The minimum absolute atomic E-state index is 0.0181. The SMILES string of the molecule is CCOC(=O)/C(=C\c1ccc([N+](=O)[O-])cc1)[N+](=O)[O-]. The van der Waals surface area contributed by atoms with Gasteiger partial charge in [0.1, 0.15) is 0 Å². The van der Waals surface area contributed by atoms with Gasteiger partial charge >= 0.3 is 11.7 Å². The van der Waals surface area contributed by atoms with Crippen LogP contribution in [0.5, 0.6) is 0 Å². The predicted molar refractivity (Wildman–Crippen MR) is 64.7 cm³/mol. The van der Waals surface area contributed by atoms with E-state index in [0.29, 0.717) is 5.56 Å². The second-order valence-electron chi connectivity index (χ2n) is 3.36. The van der Waals surface area contributed by atoms with Crippen LogP contribution in [0.2, 0.25) is 0 Å². The number of carbonyl (C=O) groups excluding carboxylic acids is 1. The normalized spacial score (nSPS) is 10.9. The Bertz CT molecular complexity index is 535. The van der Waals surface area contributed by atoms with Crippen molar-refractivity contribution in [1.82, 2.24) is 0 Å². The van der Waals surface area contributed by atoms with E-state index in [0.717, 1.165) is 6.08 Å². The Labute approximate surface area is 107 Å². The molecule has 0 bridgehead atoms. The molecule has 1 rings (SSSR count). The van der Waals surface area contributed by atoms with E-state index in [4.69, 9.17) is 0 Å². The van der Waals surface area contributed by atoms with E-state index in [1.165, 1.54) is 31.2 Å². The molecule has 0 spiro atoms. The minimum Gasteiger partial charge on any atom is -0.458 e. The Morgan fingerprint density at radius 1 is 1.26 bits per heavy atom. The molecule has 0 atom stereocenters. The van der Waals surface area contributed by atoms with Gasteiger partial charge in [0, 0.05) is 18.2 Å². The van der Waals surface area contributed by atoms with Gasteiger partial charge < -0.3 is 4.74 Å². The molecule has 0 N–H and O–H groups in total. The van der Waals surface area contributed by atoms with Gasteiger partial charge in [-0.25, -0.2) is 4.79 Å². The standard InChI is InChI=1S/C11H10N2O6/c1-2-19-11(14)10(13(17)18)7-8-3-5-9(6-4-8)12(15)16/h3-7H,2H2,1H3/b10-7+. The summed E-state index contributed by atoms with van der Waals surface area (Å²) in [6, 6.07) is 4.99. The fourth-order valence-corrected chi connectivity index (χ4v) is 1.24. The molecule has 0 fully saturated rings. The topological polar surface area (TPSA) is 113 Å². The van der Waals surface area contributed by atoms with E-state index in [1.807, 2.05) is 0 Å². The van der Waals surface area contributed by atoms with Crippen LogP contribution in [-0.2, 0) is 9.53 Å². The summed E-state index contributed by atoms with van der Waals surface area (Å²) in [5.74, 6) is -1.05. The van der Waals surface area contributed by atoms with Crippen molar-refractivity contribution in [2.24, 2.45) is 0 Å². The monoisotopic (exact) mass is 266 g/mol. The summed E-state index contributed by atoms with van der Waals surface area (Å²) in [6.45, 7) is 1.55. The Morgan fingerprint density at radius 3 is 2.26 bits per heavy atom. The smallest absolute Gasteiger partial charge is 0.409 e. The maximum atomic E-state index is 11.3. The van der Waals surface area contributed by atoms with Crippen molar-refractivity contribution in [2.45, 2.75) is 6.92 Å². The lowest BCUT2D eigenvalue weighted by molar-refractivity contribution is -0.419. The third kappa shape index (κ3) is 3.87. The van der Waals surface area contributed by atoms with Gasteiger partial charge in [0.15, 0.2) is 0 Å². The van der Waals surface area contributed by atoms with Crippen molar-refractivity contribution in [3.63, 3.8) is 0 Å². The Balaban J connectivity index is 3.05. The van der Waals surface area contributed by atoms with Gasteiger partial charge in [0.05, 0.1) is 16.5 Å². The average molecular weight is 266 g/mol. The summed E-state index contributed by atoms with van der Waals surface area (Å²) in [4.78, 5) is 31.0. The van der Waals surface area contributed by atoms with Crippen molar-refractivity contribution in [3.8, 4) is 0 Å². The zero-order valence-corrected chi connectivity index (χ0v) is 9.94. The number of carbonyl (C=O) groups is 1. The number of hydrogen-bond acceptors (Lipinski definition) is 6. The van der Waals surface area contributed by atoms with Gasteiger partial charge in [0.25, 0.3) is 5.69 Å². The molecule has 8 nitrogen and oxygen atoms in total. The minimum atomic E-state index is -1.05. The molecular formula is C11H10N2O6. The van der Waals surface area contributed by atoms with E-state index in [2.05, 4.69) is 4.74 Å². The van der Waals surface area contributed by atoms with Gasteiger partial charge in [-0.05, 0) is 24.6 Å². The first-order valence-electron chi connectivity index (χ1n) is 5.23. The summed E-state index contributed by atoms with van der Waals surface area (Å²) in [7, 11) is 0. The Morgan fingerprint density at radius 2 is 1.84 bits per heavy atom. The molecule has 0 aliphatic heterocycles. The van der Waals surface area contributed by atoms with Crippen LogP contribution in [0.1, 0.15) is 12.5 Å². The van der Waals surface area contributed by atoms with Gasteiger partial charge in [-0.3, -0.25) is 20.2 Å². The molecule has 0 saturated carbocycles. The highest BCUT2D eigenvalue weighted by atomic mass is 16.6. The second-order valence-corrected chi connectivity index (χ2v) is 3.36. The molecule has 19 heavy (non-hydrogen) atoms. The van der Waals surface area contributed by atoms with E-state index in [-0.39, 0.29) is 12.3 Å². The summed E-state index contributed by atoms with van der Waals surface area (Å²) < 4.78 is 4.54. The van der Waals surface area contributed by atoms with Crippen LogP contribution in [-0.4, -0.2) is 22.4 Å². The van der Waals surface area contributed by atoms with Crippen molar-refractivity contribution in [3.05, 3.63) is 55.8 Å². The van der Waals surface area contributed by atoms with Crippen LogP contribution in [0.3, 0.4) is 0 Å². The number of nitro groups is 2. The first-order valence-corrected chi connectivity index (χ1v) is 5.23. The molecule has 1 aromatic rings. The maximum absolute atomic E-state index is 11.3. The quantitative estimate of drug-likeness (QED) is 0.347. The molecule has 0 amide bonds. The summed E-state index contributed by atoms with van der Waals surface area (Å²) in [5.41, 5.74) is -0.572. The lowest BCUT2D eigenvalue weighted by Crippen LogP contribution is -2.14. The number of hydrogen-bond donors (Lipinski definition) is 0. The molecule has 0 aliphatic carbocycles. The highest BCUT2D eigenvalue weighted by Crippen LogP contribution is 2.15. The summed E-state index contributed by atoms with van der Waals surface area (Å²) in [5, 5.41) is 21.2. The fourth-order valence-electron chi connectivity index (χ4n) is 1.24. The van der Waals surface area contributed by atoms with E-state index >= 15 is 0 Å². The molecule has 8 heteroatoms. The first-order chi connectivity index (χ1) is 8.95. The third-order valence-corrected chi connectivity index (χ3v) is 2.09. The van der Waals surface area contributed by atoms with Crippen molar-refractivity contribution in [1.29, 1.82) is 0 Å². The van der Waals surface area contributed by atoms with Crippen LogP contribution in [0, 0.1) is 20.2 Å². The largest absolute Gasteiger partial charge is 0.458 e. The number of nitro benzene ring substituents is 1. The first kappa shape index (κ1) is 14.3. The lowest BCUT2D eigenvalue weighted by atomic mass is 10.2. The Kier molecular flexibility index (Phi) is 4.69. The zero-order valence-electron chi connectivity index (χ0n) is 9.94. The lowest BCUT2D eigenvalue weighted by Gasteiger charge is -1.99. The van der Waals surface area contributed by atoms with Crippen LogP contribution in [0.25, 0.3) is 6.08 Å². The van der Waals surface area contributed by atoms with Crippen LogP contribution in [0.4, 0.5) is 5.69 Å². The van der Waals surface area contributed by atoms with E-state index in [9.17, 15) is 25.0 Å². The molecule has 0 radical (unpaired) electrons. The van der Waals surface area contributed by atoms with Gasteiger partial charge in [-0.1, -0.05) is 0 Å². The van der Waals surface area contributed by atoms with Crippen LogP contribution < -0.4 is 0 Å². The highest BCUT2D eigenvalue weighted by Gasteiger charge is 2.23. The number of esters is 1. The molecule has 0 aromatic heterocycles. The second kappa shape index (κ2) is 6.24. The molecule has 1 aromatic carbocycles. The number of non-ortho nitro benzene ring substituents is 1. The van der Waals surface area contributed by atoms with Crippen molar-refractivity contribution >= 4 is 17.7 Å². The summed E-state index contributed by atoms with van der Waals surface area (Å²) >= 11 is 0. The van der Waals surface area contributed by atoms with Gasteiger partial charge in [-0.2, -0.15) is 0 Å². The average Bonchev–Trinajstić information content (AvgIpc) is 2.36. The third-order valence-electron chi connectivity index (χ3n) is 2.09. The predicted octanol–water partition coefficient (Wildman–Crippen LogP) is 1.78. The van der Waals surface area contributed by atoms with Crippen molar-refractivity contribution in [2.75, 3.05) is 6.61 Å². The zero-order chi connectivity index (χ0) is 14.4.